The van der Waals surface area contributed by atoms with E-state index < -0.39 is 5.60 Å². The minimum atomic E-state index is -1.14. The Hall–Kier alpha value is -2.74. The highest BCUT2D eigenvalue weighted by Crippen LogP contribution is 2.27. The molecule has 0 bridgehead atoms. The van der Waals surface area contributed by atoms with Gasteiger partial charge < -0.3 is 29.9 Å². The van der Waals surface area contributed by atoms with Gasteiger partial charge in [-0.3, -0.25) is 4.79 Å². The van der Waals surface area contributed by atoms with Crippen molar-refractivity contribution in [2.24, 2.45) is 4.99 Å². The third-order valence-electron chi connectivity index (χ3n) is 3.96. The summed E-state index contributed by atoms with van der Waals surface area (Å²) in [6.45, 7) is 9.06. The molecule has 2 rings (SSSR count). The zero-order chi connectivity index (χ0) is 19.9. The summed E-state index contributed by atoms with van der Waals surface area (Å²) in [6, 6.07) is 5.10. The van der Waals surface area contributed by atoms with Crippen molar-refractivity contribution in [3.8, 4) is 0 Å². The Morgan fingerprint density at radius 1 is 1.26 bits per heavy atom. The van der Waals surface area contributed by atoms with E-state index in [4.69, 9.17) is 8.83 Å². The molecule has 0 aliphatic heterocycles. The SMILES string of the molecule is CCNC(=NCC(C)(O)c1cc(C)oc1C)NCCNC(=O)c1ccco1. The third kappa shape index (κ3) is 5.89. The maximum atomic E-state index is 11.8. The molecule has 8 nitrogen and oxygen atoms in total. The van der Waals surface area contributed by atoms with Crippen LogP contribution in [0.1, 0.15) is 41.5 Å². The number of nitrogens with one attached hydrogen (secondary N) is 3. The molecule has 148 valence electrons. The maximum absolute atomic E-state index is 11.8. The number of guanidine groups is 1. The van der Waals surface area contributed by atoms with Gasteiger partial charge in [-0.15, -0.1) is 0 Å². The highest BCUT2D eigenvalue weighted by molar-refractivity contribution is 5.91. The zero-order valence-corrected chi connectivity index (χ0v) is 16.3. The minimum Gasteiger partial charge on any atom is -0.466 e. The minimum absolute atomic E-state index is 0.168. The van der Waals surface area contributed by atoms with Crippen LogP contribution in [0.15, 0.2) is 38.3 Å². The summed E-state index contributed by atoms with van der Waals surface area (Å²) in [5.74, 6) is 2.01. The van der Waals surface area contributed by atoms with Crippen LogP contribution in [0.2, 0.25) is 0 Å². The van der Waals surface area contributed by atoms with E-state index in [0.29, 0.717) is 31.4 Å². The van der Waals surface area contributed by atoms with Crippen LogP contribution in [0.5, 0.6) is 0 Å². The van der Waals surface area contributed by atoms with Crippen molar-refractivity contribution in [3.63, 3.8) is 0 Å². The standard InChI is InChI=1S/C19H28N4O4/c1-5-20-18(22-9-8-21-17(24)16-7-6-10-26-16)23-12-19(4,25)15-11-13(2)27-14(15)3/h6-7,10-11,25H,5,8-9,12H2,1-4H3,(H,21,24)(H2,20,22,23). The van der Waals surface area contributed by atoms with E-state index in [1.165, 1.54) is 6.26 Å². The number of aliphatic hydroxyl groups is 1. The summed E-state index contributed by atoms with van der Waals surface area (Å²) < 4.78 is 10.5. The Balaban J connectivity index is 1.87. The molecule has 8 heteroatoms. The van der Waals surface area contributed by atoms with Gasteiger partial charge in [0.25, 0.3) is 5.91 Å². The van der Waals surface area contributed by atoms with Crippen molar-refractivity contribution in [3.05, 3.63) is 47.3 Å². The number of amides is 1. The summed E-state index contributed by atoms with van der Waals surface area (Å²) >= 11 is 0. The highest BCUT2D eigenvalue weighted by Gasteiger charge is 2.27. The first-order valence-electron chi connectivity index (χ1n) is 8.97. The summed E-state index contributed by atoms with van der Waals surface area (Å²) in [6.07, 6.45) is 1.46. The second-order valence-electron chi connectivity index (χ2n) is 6.46. The maximum Gasteiger partial charge on any atom is 0.287 e. The normalized spacial score (nSPS) is 13.9. The summed E-state index contributed by atoms with van der Waals surface area (Å²) in [5, 5.41) is 19.7. The molecule has 0 saturated heterocycles. The topological polar surface area (TPSA) is 112 Å². The number of nitrogens with zero attached hydrogens (tertiary/aromatic N) is 1. The van der Waals surface area contributed by atoms with Gasteiger partial charge in [-0.25, -0.2) is 4.99 Å². The number of carbonyl (C=O) groups is 1. The average molecular weight is 376 g/mol. The lowest BCUT2D eigenvalue weighted by atomic mass is 9.96. The van der Waals surface area contributed by atoms with Gasteiger partial charge in [-0.05, 0) is 45.9 Å². The fourth-order valence-corrected chi connectivity index (χ4v) is 2.68. The largest absolute Gasteiger partial charge is 0.466 e. The monoisotopic (exact) mass is 376 g/mol. The van der Waals surface area contributed by atoms with Crippen LogP contribution in [-0.2, 0) is 5.60 Å². The van der Waals surface area contributed by atoms with Gasteiger partial charge in [0.05, 0.1) is 12.8 Å². The molecule has 0 aromatic carbocycles. The van der Waals surface area contributed by atoms with Crippen molar-refractivity contribution in [1.82, 2.24) is 16.0 Å². The lowest BCUT2D eigenvalue weighted by Gasteiger charge is -2.21. The van der Waals surface area contributed by atoms with Crippen LogP contribution in [0.25, 0.3) is 0 Å². The second kappa shape index (κ2) is 9.27. The van der Waals surface area contributed by atoms with Gasteiger partial charge in [0, 0.05) is 25.2 Å². The molecule has 0 saturated carbocycles. The smallest absolute Gasteiger partial charge is 0.287 e. The molecule has 0 aliphatic carbocycles. The molecule has 2 heterocycles. The van der Waals surface area contributed by atoms with Crippen molar-refractivity contribution in [1.29, 1.82) is 0 Å². The molecule has 2 aromatic heterocycles. The Bertz CT molecular complexity index is 763. The summed E-state index contributed by atoms with van der Waals surface area (Å²) in [7, 11) is 0. The third-order valence-corrected chi connectivity index (χ3v) is 3.96. The lowest BCUT2D eigenvalue weighted by molar-refractivity contribution is 0.0657. The van der Waals surface area contributed by atoms with E-state index >= 15 is 0 Å². The van der Waals surface area contributed by atoms with Crippen LogP contribution < -0.4 is 16.0 Å². The first-order chi connectivity index (χ1) is 12.8. The predicted octanol–water partition coefficient (Wildman–Crippen LogP) is 1.68. The molecule has 0 radical (unpaired) electrons. The quantitative estimate of drug-likeness (QED) is 0.317. The number of aliphatic imine (C=N–C) groups is 1. The molecule has 1 atom stereocenters. The summed E-state index contributed by atoms with van der Waals surface area (Å²) in [5.41, 5.74) is -0.414. The number of furan rings is 2. The Morgan fingerprint density at radius 3 is 2.59 bits per heavy atom. The Labute approximate surface area is 159 Å². The molecule has 4 N–H and O–H groups in total. The van der Waals surface area contributed by atoms with E-state index in [2.05, 4.69) is 20.9 Å². The summed E-state index contributed by atoms with van der Waals surface area (Å²) in [4.78, 5) is 16.3. The van der Waals surface area contributed by atoms with Crippen molar-refractivity contribution >= 4 is 11.9 Å². The van der Waals surface area contributed by atoms with Crippen molar-refractivity contribution in [2.45, 2.75) is 33.3 Å². The highest BCUT2D eigenvalue weighted by atomic mass is 16.3. The Kier molecular flexibility index (Phi) is 7.06. The number of rotatable bonds is 8. The molecular weight excluding hydrogens is 348 g/mol. The number of hydrogen-bond donors (Lipinski definition) is 4. The number of hydrogen-bond acceptors (Lipinski definition) is 5. The van der Waals surface area contributed by atoms with Gasteiger partial charge in [-0.1, -0.05) is 0 Å². The van der Waals surface area contributed by atoms with Crippen LogP contribution >= 0.6 is 0 Å². The van der Waals surface area contributed by atoms with Crippen LogP contribution in [0, 0.1) is 13.8 Å². The fourth-order valence-electron chi connectivity index (χ4n) is 2.68. The van der Waals surface area contributed by atoms with Gasteiger partial charge in [0.15, 0.2) is 11.7 Å². The number of carbonyl (C=O) groups excluding carboxylic acids is 1. The van der Waals surface area contributed by atoms with E-state index in [-0.39, 0.29) is 18.2 Å². The van der Waals surface area contributed by atoms with Crippen LogP contribution in [0.3, 0.4) is 0 Å². The van der Waals surface area contributed by atoms with Crippen LogP contribution in [0.4, 0.5) is 0 Å². The van der Waals surface area contributed by atoms with Gasteiger partial charge in [-0.2, -0.15) is 0 Å². The fraction of sp³-hybridized carbons (Fsp3) is 0.474. The van der Waals surface area contributed by atoms with Gasteiger partial charge in [0.1, 0.15) is 17.1 Å². The first kappa shape index (κ1) is 20.6. The lowest BCUT2D eigenvalue weighted by Crippen LogP contribution is -2.42. The molecule has 0 spiro atoms. The van der Waals surface area contributed by atoms with E-state index in [0.717, 1.165) is 11.3 Å². The predicted molar refractivity (Wildman–Crippen MR) is 103 cm³/mol. The Morgan fingerprint density at radius 2 is 2.00 bits per heavy atom. The molecule has 0 aliphatic rings. The molecule has 27 heavy (non-hydrogen) atoms. The molecule has 1 unspecified atom stereocenters. The van der Waals surface area contributed by atoms with E-state index in [9.17, 15) is 9.90 Å². The molecular formula is C19H28N4O4. The van der Waals surface area contributed by atoms with Crippen LogP contribution in [-0.4, -0.2) is 43.2 Å². The zero-order valence-electron chi connectivity index (χ0n) is 16.3. The van der Waals surface area contributed by atoms with Crippen molar-refractivity contribution in [2.75, 3.05) is 26.2 Å². The van der Waals surface area contributed by atoms with E-state index in [1.54, 1.807) is 19.1 Å². The van der Waals surface area contributed by atoms with E-state index in [1.807, 2.05) is 26.8 Å². The first-order valence-corrected chi connectivity index (χ1v) is 8.97. The van der Waals surface area contributed by atoms with Gasteiger partial charge in [0.2, 0.25) is 0 Å². The molecule has 1 amide bonds. The average Bonchev–Trinajstić information content (AvgIpc) is 3.26. The number of aryl methyl sites for hydroxylation is 2. The molecule has 2 aromatic rings. The molecule has 0 fully saturated rings. The van der Waals surface area contributed by atoms with Gasteiger partial charge >= 0.3 is 0 Å². The van der Waals surface area contributed by atoms with Crippen molar-refractivity contribution < 1.29 is 18.7 Å². The second-order valence-corrected chi connectivity index (χ2v) is 6.46.